The third-order valence-electron chi connectivity index (χ3n) is 2.99. The first-order chi connectivity index (χ1) is 9.63. The van der Waals surface area contributed by atoms with Crippen molar-refractivity contribution in [3.05, 3.63) is 47.5 Å². The van der Waals surface area contributed by atoms with Crippen LogP contribution in [0.15, 0.2) is 47.5 Å². The summed E-state index contributed by atoms with van der Waals surface area (Å²) >= 11 is 3.41. The summed E-state index contributed by atoms with van der Waals surface area (Å²) in [5, 5.41) is 3.30. The second-order valence-corrected chi connectivity index (χ2v) is 5.45. The van der Waals surface area contributed by atoms with Gasteiger partial charge in [0.1, 0.15) is 4.60 Å². The molecule has 0 fully saturated rings. The number of nitrogens with one attached hydrogen (secondary N) is 1. The monoisotopic (exact) mass is 331 g/mol. The van der Waals surface area contributed by atoms with E-state index in [-0.39, 0.29) is 0 Å². The summed E-state index contributed by atoms with van der Waals surface area (Å²) in [5.41, 5.74) is 2.93. The van der Waals surface area contributed by atoms with Crippen LogP contribution in [-0.2, 0) is 0 Å². The summed E-state index contributed by atoms with van der Waals surface area (Å²) in [4.78, 5) is 10.8. The number of hydrogen-bond donors (Lipinski definition) is 1. The summed E-state index contributed by atoms with van der Waals surface area (Å²) < 4.78 is 2.68. The highest BCUT2D eigenvalue weighted by atomic mass is 79.9. The first-order valence-corrected chi connectivity index (χ1v) is 6.96. The highest BCUT2D eigenvalue weighted by Gasteiger charge is 2.06. The van der Waals surface area contributed by atoms with Crippen molar-refractivity contribution in [2.75, 3.05) is 24.3 Å². The Balaban J connectivity index is 1.94. The molecule has 0 atom stereocenters. The molecule has 0 radical (unpaired) electrons. The average molecular weight is 332 g/mol. The number of benzene rings is 1. The number of fused-ring (bicyclic) bond motifs is 1. The van der Waals surface area contributed by atoms with Crippen molar-refractivity contribution in [2.24, 2.45) is 0 Å². The number of imidazole rings is 1. The summed E-state index contributed by atoms with van der Waals surface area (Å²) in [6, 6.07) is 8.17. The number of anilines is 3. The van der Waals surface area contributed by atoms with E-state index in [1.165, 1.54) is 0 Å². The zero-order valence-corrected chi connectivity index (χ0v) is 12.8. The molecule has 2 heterocycles. The predicted octanol–water partition coefficient (Wildman–Crippen LogP) is 3.30. The molecule has 2 aromatic heterocycles. The molecule has 1 aromatic carbocycles. The molecular weight excluding hydrogens is 318 g/mol. The van der Waals surface area contributed by atoms with Crippen molar-refractivity contribution < 1.29 is 0 Å². The zero-order valence-electron chi connectivity index (χ0n) is 11.2. The van der Waals surface area contributed by atoms with Crippen LogP contribution in [0.1, 0.15) is 0 Å². The summed E-state index contributed by atoms with van der Waals surface area (Å²) in [7, 11) is 4.04. The van der Waals surface area contributed by atoms with Gasteiger partial charge in [-0.15, -0.1) is 0 Å². The van der Waals surface area contributed by atoms with Gasteiger partial charge in [0, 0.05) is 44.1 Å². The topological polar surface area (TPSA) is 45.5 Å². The van der Waals surface area contributed by atoms with Crippen LogP contribution in [0.5, 0.6) is 0 Å². The van der Waals surface area contributed by atoms with Gasteiger partial charge in [0.2, 0.25) is 0 Å². The number of rotatable bonds is 3. The normalized spacial score (nSPS) is 10.8. The van der Waals surface area contributed by atoms with Gasteiger partial charge in [-0.2, -0.15) is 0 Å². The number of aromatic nitrogens is 3. The molecular formula is C14H14BrN5. The van der Waals surface area contributed by atoms with Crippen LogP contribution in [0, 0.1) is 0 Å². The van der Waals surface area contributed by atoms with E-state index in [9.17, 15) is 0 Å². The van der Waals surface area contributed by atoms with Crippen LogP contribution in [0.4, 0.5) is 17.2 Å². The lowest BCUT2D eigenvalue weighted by Crippen LogP contribution is -2.08. The lowest BCUT2D eigenvalue weighted by molar-refractivity contribution is 1.10. The SMILES string of the molecule is CN(C)c1ccc(Nc2nc(Br)cn3ccnc23)cc1. The Morgan fingerprint density at radius 1 is 1.20 bits per heavy atom. The summed E-state index contributed by atoms with van der Waals surface area (Å²) in [5.74, 6) is 0.724. The molecule has 6 heteroatoms. The van der Waals surface area contributed by atoms with Crippen LogP contribution >= 0.6 is 15.9 Å². The van der Waals surface area contributed by atoms with Gasteiger partial charge in [0.15, 0.2) is 11.5 Å². The van der Waals surface area contributed by atoms with Gasteiger partial charge in [-0.1, -0.05) is 0 Å². The molecule has 102 valence electrons. The summed E-state index contributed by atoms with van der Waals surface area (Å²) in [6.45, 7) is 0. The maximum Gasteiger partial charge on any atom is 0.180 e. The van der Waals surface area contributed by atoms with E-state index >= 15 is 0 Å². The molecule has 1 N–H and O–H groups in total. The van der Waals surface area contributed by atoms with Gasteiger partial charge < -0.3 is 14.6 Å². The third-order valence-corrected chi connectivity index (χ3v) is 3.37. The number of halogens is 1. The Morgan fingerprint density at radius 2 is 1.95 bits per heavy atom. The lowest BCUT2D eigenvalue weighted by Gasteiger charge is -2.13. The molecule has 0 saturated heterocycles. The number of hydrogen-bond acceptors (Lipinski definition) is 4. The second-order valence-electron chi connectivity index (χ2n) is 4.64. The fourth-order valence-corrected chi connectivity index (χ4v) is 2.36. The molecule has 0 aliphatic carbocycles. The van der Waals surface area contributed by atoms with Crippen LogP contribution in [0.25, 0.3) is 5.65 Å². The fourth-order valence-electron chi connectivity index (χ4n) is 1.96. The maximum atomic E-state index is 4.44. The standard InChI is InChI=1S/C14H14BrN5/c1-19(2)11-5-3-10(4-6-11)17-13-14-16-7-8-20(14)9-12(15)18-13/h3-9H,1-2H3,(H,17,18). The fraction of sp³-hybridized carbons (Fsp3) is 0.143. The van der Waals surface area contributed by atoms with E-state index in [2.05, 4.69) is 48.2 Å². The first-order valence-electron chi connectivity index (χ1n) is 6.17. The van der Waals surface area contributed by atoms with Crippen molar-refractivity contribution in [3.8, 4) is 0 Å². The van der Waals surface area contributed by atoms with Gasteiger partial charge in [0.25, 0.3) is 0 Å². The van der Waals surface area contributed by atoms with Gasteiger partial charge in [-0.25, -0.2) is 9.97 Å². The minimum Gasteiger partial charge on any atom is -0.378 e. The first kappa shape index (κ1) is 12.9. The number of nitrogens with zero attached hydrogens (tertiary/aromatic N) is 4. The van der Waals surface area contributed by atoms with E-state index < -0.39 is 0 Å². The molecule has 20 heavy (non-hydrogen) atoms. The molecule has 3 rings (SSSR count). The highest BCUT2D eigenvalue weighted by Crippen LogP contribution is 2.23. The second kappa shape index (κ2) is 5.13. The Bertz CT molecular complexity index is 733. The van der Waals surface area contributed by atoms with Gasteiger partial charge >= 0.3 is 0 Å². The molecule has 0 aliphatic heterocycles. The van der Waals surface area contributed by atoms with Crippen molar-refractivity contribution in [1.82, 2.24) is 14.4 Å². The van der Waals surface area contributed by atoms with E-state index in [0.717, 1.165) is 27.4 Å². The molecule has 0 spiro atoms. The van der Waals surface area contributed by atoms with Gasteiger partial charge in [-0.3, -0.25) is 0 Å². The quantitative estimate of drug-likeness (QED) is 0.799. The van der Waals surface area contributed by atoms with Crippen molar-refractivity contribution in [3.63, 3.8) is 0 Å². The van der Waals surface area contributed by atoms with E-state index in [0.29, 0.717) is 0 Å². The van der Waals surface area contributed by atoms with E-state index in [4.69, 9.17) is 0 Å². The van der Waals surface area contributed by atoms with Gasteiger partial charge in [-0.05, 0) is 40.2 Å². The van der Waals surface area contributed by atoms with Crippen LogP contribution in [0.2, 0.25) is 0 Å². The van der Waals surface area contributed by atoms with E-state index in [1.807, 2.05) is 43.0 Å². The molecule has 0 aliphatic rings. The van der Waals surface area contributed by atoms with Crippen molar-refractivity contribution in [2.45, 2.75) is 0 Å². The van der Waals surface area contributed by atoms with Crippen LogP contribution in [0.3, 0.4) is 0 Å². The minimum atomic E-state index is 0.724. The van der Waals surface area contributed by atoms with E-state index in [1.54, 1.807) is 6.20 Å². The Labute approximate surface area is 125 Å². The van der Waals surface area contributed by atoms with Crippen molar-refractivity contribution in [1.29, 1.82) is 0 Å². The van der Waals surface area contributed by atoms with Gasteiger partial charge in [0.05, 0.1) is 0 Å². The summed E-state index contributed by atoms with van der Waals surface area (Å²) in [6.07, 6.45) is 5.52. The van der Waals surface area contributed by atoms with Crippen LogP contribution in [-0.4, -0.2) is 28.5 Å². The highest BCUT2D eigenvalue weighted by molar-refractivity contribution is 9.10. The molecule has 0 unspecified atom stereocenters. The Kier molecular flexibility index (Phi) is 3.31. The molecule has 0 amide bonds. The maximum absolute atomic E-state index is 4.44. The molecule has 5 nitrogen and oxygen atoms in total. The lowest BCUT2D eigenvalue weighted by atomic mass is 10.2. The molecule has 0 saturated carbocycles. The smallest absolute Gasteiger partial charge is 0.180 e. The van der Waals surface area contributed by atoms with Crippen molar-refractivity contribution >= 4 is 38.8 Å². The average Bonchev–Trinajstić information content (AvgIpc) is 2.87. The largest absolute Gasteiger partial charge is 0.378 e. The predicted molar refractivity (Wildman–Crippen MR) is 84.7 cm³/mol. The third kappa shape index (κ3) is 2.46. The van der Waals surface area contributed by atoms with Crippen LogP contribution < -0.4 is 10.2 Å². The molecule has 0 bridgehead atoms. The molecule has 3 aromatic rings. The Hall–Kier alpha value is -2.08. The zero-order chi connectivity index (χ0) is 14.1. The minimum absolute atomic E-state index is 0.724. The Morgan fingerprint density at radius 3 is 2.65 bits per heavy atom.